The molecule has 0 aliphatic heterocycles. The average molecular weight is 274 g/mol. The van der Waals surface area contributed by atoms with Crippen LogP contribution in [0.4, 0.5) is 4.39 Å². The van der Waals surface area contributed by atoms with Crippen LogP contribution in [0.3, 0.4) is 0 Å². The first-order valence-electron chi connectivity index (χ1n) is 5.31. The molecule has 18 heavy (non-hydrogen) atoms. The molecular weight excluding hydrogens is 259 g/mol. The summed E-state index contributed by atoms with van der Waals surface area (Å²) in [5, 5.41) is 13.0. The smallest absolute Gasteiger partial charge is 0.328 e. The van der Waals surface area contributed by atoms with Crippen LogP contribution in [-0.4, -0.2) is 34.7 Å². The van der Waals surface area contributed by atoms with Gasteiger partial charge in [-0.05, 0) is 0 Å². The highest BCUT2D eigenvalue weighted by Crippen LogP contribution is 2.25. The summed E-state index contributed by atoms with van der Waals surface area (Å²) in [7, 11) is 0. The monoisotopic (exact) mass is 274 g/mol. The number of aliphatic carboxylic acids is 1. The molecule has 7 heteroatoms. The van der Waals surface area contributed by atoms with Crippen LogP contribution in [0.2, 0.25) is 0 Å². The van der Waals surface area contributed by atoms with Gasteiger partial charge in [-0.2, -0.15) is 0 Å². The number of nitrogens with zero attached hydrogens (tertiary/aromatic N) is 1. The van der Waals surface area contributed by atoms with Gasteiger partial charge in [0, 0.05) is 10.8 Å². The van der Waals surface area contributed by atoms with Gasteiger partial charge >= 0.3 is 5.97 Å². The largest absolute Gasteiger partial charge is 0.480 e. The van der Waals surface area contributed by atoms with E-state index in [9.17, 15) is 14.0 Å². The third-order valence-corrected chi connectivity index (χ3v) is 3.40. The van der Waals surface area contributed by atoms with Crippen LogP contribution < -0.4 is 5.32 Å². The second-order valence-electron chi connectivity index (χ2n) is 4.81. The number of thiazole rings is 1. The molecule has 0 aromatic carbocycles. The van der Waals surface area contributed by atoms with Crippen molar-refractivity contribution < 1.29 is 19.1 Å². The van der Waals surface area contributed by atoms with Crippen molar-refractivity contribution in [2.75, 3.05) is 6.67 Å². The first-order chi connectivity index (χ1) is 8.25. The summed E-state index contributed by atoms with van der Waals surface area (Å²) in [6, 6.07) is -1.53. The van der Waals surface area contributed by atoms with E-state index in [1.54, 1.807) is 0 Å². The lowest BCUT2D eigenvalue weighted by Crippen LogP contribution is -2.42. The van der Waals surface area contributed by atoms with Crippen molar-refractivity contribution in [3.8, 4) is 0 Å². The Balaban J connectivity index is 2.79. The maximum Gasteiger partial charge on any atom is 0.328 e. The van der Waals surface area contributed by atoms with Crippen LogP contribution in [-0.2, 0) is 10.2 Å². The van der Waals surface area contributed by atoms with Gasteiger partial charge in [-0.3, -0.25) is 4.79 Å². The van der Waals surface area contributed by atoms with Gasteiger partial charge in [0.15, 0.2) is 6.04 Å². The molecule has 100 valence electrons. The minimum atomic E-state index is -1.53. The van der Waals surface area contributed by atoms with E-state index in [1.807, 2.05) is 20.8 Å². The summed E-state index contributed by atoms with van der Waals surface area (Å²) in [6.45, 7) is 4.71. The maximum absolute atomic E-state index is 12.4. The summed E-state index contributed by atoms with van der Waals surface area (Å²) in [4.78, 5) is 26.4. The van der Waals surface area contributed by atoms with Crippen LogP contribution >= 0.6 is 11.3 Å². The van der Waals surface area contributed by atoms with Crippen LogP contribution in [0, 0.1) is 0 Å². The van der Waals surface area contributed by atoms with Crippen molar-refractivity contribution in [3.63, 3.8) is 0 Å². The number of hydrogen-bond acceptors (Lipinski definition) is 4. The number of nitrogens with one attached hydrogen (secondary N) is 1. The van der Waals surface area contributed by atoms with E-state index in [0.29, 0.717) is 0 Å². The molecule has 0 aliphatic rings. The van der Waals surface area contributed by atoms with Gasteiger partial charge in [-0.1, -0.05) is 20.8 Å². The highest BCUT2D eigenvalue weighted by Gasteiger charge is 2.24. The van der Waals surface area contributed by atoms with Crippen LogP contribution in [0.25, 0.3) is 0 Å². The van der Waals surface area contributed by atoms with E-state index in [4.69, 9.17) is 5.11 Å². The van der Waals surface area contributed by atoms with Gasteiger partial charge in [0.25, 0.3) is 5.91 Å². The van der Waals surface area contributed by atoms with Gasteiger partial charge in [0.1, 0.15) is 12.4 Å². The minimum absolute atomic E-state index is 0.115. The summed E-state index contributed by atoms with van der Waals surface area (Å²) in [6.07, 6.45) is 0. The average Bonchev–Trinajstić information content (AvgIpc) is 2.73. The second-order valence-corrected chi connectivity index (χ2v) is 5.66. The molecule has 0 spiro atoms. The van der Waals surface area contributed by atoms with E-state index in [-0.39, 0.29) is 11.1 Å². The van der Waals surface area contributed by atoms with Crippen molar-refractivity contribution in [1.82, 2.24) is 10.3 Å². The van der Waals surface area contributed by atoms with E-state index < -0.39 is 24.6 Å². The summed E-state index contributed by atoms with van der Waals surface area (Å²) in [5.74, 6) is -2.08. The minimum Gasteiger partial charge on any atom is -0.480 e. The molecule has 0 saturated carbocycles. The lowest BCUT2D eigenvalue weighted by molar-refractivity contribution is -0.139. The van der Waals surface area contributed by atoms with E-state index >= 15 is 0 Å². The van der Waals surface area contributed by atoms with Crippen molar-refractivity contribution >= 4 is 23.2 Å². The lowest BCUT2D eigenvalue weighted by Gasteiger charge is -2.13. The van der Waals surface area contributed by atoms with Crippen molar-refractivity contribution in [1.29, 1.82) is 0 Å². The van der Waals surface area contributed by atoms with Crippen molar-refractivity contribution in [3.05, 3.63) is 16.1 Å². The number of amides is 1. The van der Waals surface area contributed by atoms with Crippen molar-refractivity contribution in [2.45, 2.75) is 32.2 Å². The van der Waals surface area contributed by atoms with Gasteiger partial charge in [0.2, 0.25) is 0 Å². The fraction of sp³-hybridized carbons (Fsp3) is 0.545. The number of carboxylic acid groups (broad SMARTS) is 1. The van der Waals surface area contributed by atoms with Gasteiger partial charge in [-0.15, -0.1) is 11.3 Å². The molecule has 0 saturated heterocycles. The molecular formula is C11H15FN2O3S. The molecule has 0 aliphatic carbocycles. The fourth-order valence-electron chi connectivity index (χ4n) is 1.12. The Kier molecular flexibility index (Phi) is 4.39. The molecule has 1 atom stereocenters. The Labute approximate surface area is 108 Å². The molecule has 5 nitrogen and oxygen atoms in total. The molecule has 1 aromatic heterocycles. The van der Waals surface area contributed by atoms with E-state index in [1.165, 1.54) is 16.7 Å². The highest BCUT2D eigenvalue weighted by molar-refractivity contribution is 7.10. The zero-order valence-corrected chi connectivity index (χ0v) is 11.2. The number of aromatic nitrogens is 1. The maximum atomic E-state index is 12.4. The van der Waals surface area contributed by atoms with E-state index in [0.717, 1.165) is 5.01 Å². The Morgan fingerprint density at radius 3 is 2.56 bits per heavy atom. The highest BCUT2D eigenvalue weighted by atomic mass is 32.1. The number of carboxylic acids is 1. The number of hydrogen-bond donors (Lipinski definition) is 2. The molecule has 1 heterocycles. The molecule has 0 radical (unpaired) electrons. The van der Waals surface area contributed by atoms with Gasteiger partial charge in [-0.25, -0.2) is 14.2 Å². The summed E-state index contributed by atoms with van der Waals surface area (Å²) in [5.41, 5.74) is -0.0696. The van der Waals surface area contributed by atoms with Crippen LogP contribution in [0.5, 0.6) is 0 Å². The Morgan fingerprint density at radius 2 is 2.17 bits per heavy atom. The normalized spacial score (nSPS) is 13.1. The molecule has 2 N–H and O–H groups in total. The van der Waals surface area contributed by atoms with Gasteiger partial charge in [0.05, 0.1) is 5.01 Å². The first kappa shape index (κ1) is 14.6. The molecule has 0 bridgehead atoms. The molecule has 1 amide bonds. The Hall–Kier alpha value is -1.50. The zero-order chi connectivity index (χ0) is 13.9. The zero-order valence-electron chi connectivity index (χ0n) is 10.4. The predicted octanol–water partition coefficient (Wildman–Crippen LogP) is 1.59. The number of rotatable bonds is 4. The Morgan fingerprint density at radius 1 is 1.56 bits per heavy atom. The third kappa shape index (κ3) is 3.49. The van der Waals surface area contributed by atoms with Crippen LogP contribution in [0.1, 0.15) is 36.3 Å². The first-order valence-corrected chi connectivity index (χ1v) is 6.19. The number of carbonyl (C=O) groups is 2. The number of halogens is 1. The summed E-state index contributed by atoms with van der Waals surface area (Å²) < 4.78 is 12.4. The summed E-state index contributed by atoms with van der Waals surface area (Å²) >= 11 is 1.31. The SMILES string of the molecule is CC(C)(C)c1nc(C(=O)NC(CF)C(=O)O)cs1. The predicted molar refractivity (Wildman–Crippen MR) is 65.7 cm³/mol. The quantitative estimate of drug-likeness (QED) is 0.874. The second kappa shape index (κ2) is 5.43. The lowest BCUT2D eigenvalue weighted by atomic mass is 9.98. The standard InChI is InChI=1S/C11H15FN2O3S/c1-11(2,3)10-14-7(5-18-10)8(15)13-6(4-12)9(16)17/h5-6H,4H2,1-3H3,(H,13,15)(H,16,17). The topological polar surface area (TPSA) is 79.3 Å². The van der Waals surface area contributed by atoms with Gasteiger partial charge < -0.3 is 10.4 Å². The fourth-order valence-corrected chi connectivity index (χ4v) is 2.01. The Bertz CT molecular complexity index is 453. The molecule has 0 fully saturated rings. The number of alkyl halides is 1. The molecule has 1 unspecified atom stereocenters. The van der Waals surface area contributed by atoms with Crippen LogP contribution in [0.15, 0.2) is 5.38 Å². The third-order valence-electron chi connectivity index (χ3n) is 2.14. The molecule has 1 aromatic rings. The van der Waals surface area contributed by atoms with Crippen molar-refractivity contribution in [2.24, 2.45) is 0 Å². The molecule has 1 rings (SSSR count). The van der Waals surface area contributed by atoms with E-state index in [2.05, 4.69) is 10.3 Å². The number of carbonyl (C=O) groups excluding carboxylic acids is 1.